The van der Waals surface area contributed by atoms with Gasteiger partial charge >= 0.3 is 0 Å². The van der Waals surface area contributed by atoms with E-state index >= 15 is 0 Å². The summed E-state index contributed by atoms with van der Waals surface area (Å²) in [5.74, 6) is 3.87. The highest BCUT2D eigenvalue weighted by Crippen LogP contribution is 2.24. The zero-order valence-corrected chi connectivity index (χ0v) is 13.9. The van der Waals surface area contributed by atoms with E-state index in [2.05, 4.69) is 20.4 Å². The fourth-order valence-electron chi connectivity index (χ4n) is 2.16. The van der Waals surface area contributed by atoms with E-state index in [9.17, 15) is 4.79 Å². The van der Waals surface area contributed by atoms with E-state index in [1.54, 1.807) is 22.8 Å². The lowest BCUT2D eigenvalue weighted by atomic mass is 10.2. The summed E-state index contributed by atoms with van der Waals surface area (Å²) in [4.78, 5) is 20.7. The maximum absolute atomic E-state index is 12.2. The van der Waals surface area contributed by atoms with Gasteiger partial charge in [-0.25, -0.2) is 14.6 Å². The van der Waals surface area contributed by atoms with Crippen LogP contribution in [-0.4, -0.2) is 48.2 Å². The maximum atomic E-state index is 12.2. The van der Waals surface area contributed by atoms with Gasteiger partial charge in [-0.1, -0.05) is 6.07 Å². The molecule has 8 heteroatoms. The molecular weight excluding hydrogens is 318 g/mol. The summed E-state index contributed by atoms with van der Waals surface area (Å²) in [6.07, 6.45) is 3.09. The van der Waals surface area contributed by atoms with Crippen molar-refractivity contribution in [1.29, 1.82) is 0 Å². The van der Waals surface area contributed by atoms with Crippen LogP contribution in [0.4, 0.5) is 0 Å². The molecule has 3 heterocycles. The zero-order chi connectivity index (χ0) is 15.4. The number of pyridine rings is 1. The van der Waals surface area contributed by atoms with Gasteiger partial charge in [0.2, 0.25) is 5.91 Å². The first-order valence-electron chi connectivity index (χ1n) is 7.02. The number of nitrogens with zero attached hydrogens (tertiary/aromatic N) is 4. The zero-order valence-electron chi connectivity index (χ0n) is 12.2. The van der Waals surface area contributed by atoms with Crippen molar-refractivity contribution in [2.24, 2.45) is 0 Å². The monoisotopic (exact) mass is 335 g/mol. The summed E-state index contributed by atoms with van der Waals surface area (Å²) in [5.41, 5.74) is 1.83. The smallest absolute Gasteiger partial charge is 0.234 e. The summed E-state index contributed by atoms with van der Waals surface area (Å²) in [6, 6.07) is 3.91. The highest BCUT2D eigenvalue weighted by atomic mass is 32.2. The fourth-order valence-corrected chi connectivity index (χ4v) is 4.74. The SMILES string of the molecule is Cc1ccc(CNC(=O)[C@@H]2CSCCS2)c(-n2cncn2)n1. The van der Waals surface area contributed by atoms with E-state index in [4.69, 9.17) is 0 Å². The van der Waals surface area contributed by atoms with E-state index in [0.29, 0.717) is 12.4 Å². The molecule has 2 aromatic rings. The van der Waals surface area contributed by atoms with Gasteiger partial charge in [-0.3, -0.25) is 4.79 Å². The second kappa shape index (κ2) is 7.15. The van der Waals surface area contributed by atoms with Gasteiger partial charge in [0.25, 0.3) is 0 Å². The molecule has 1 aliphatic heterocycles. The minimum Gasteiger partial charge on any atom is -0.351 e. The summed E-state index contributed by atoms with van der Waals surface area (Å²) < 4.78 is 1.62. The van der Waals surface area contributed by atoms with Crippen LogP contribution in [0.5, 0.6) is 0 Å². The van der Waals surface area contributed by atoms with E-state index in [0.717, 1.165) is 28.5 Å². The molecule has 0 saturated carbocycles. The van der Waals surface area contributed by atoms with Crippen LogP contribution in [-0.2, 0) is 11.3 Å². The van der Waals surface area contributed by atoms with Crippen LogP contribution in [0.25, 0.3) is 5.82 Å². The average molecular weight is 335 g/mol. The molecule has 1 aliphatic rings. The standard InChI is InChI=1S/C14H17N5OS2/c1-10-2-3-11(13(18-10)19-9-15-8-17-19)6-16-14(20)12-7-21-4-5-22-12/h2-3,8-9,12H,4-7H2,1H3,(H,16,20)/t12-/m0/s1. The van der Waals surface area contributed by atoms with Crippen LogP contribution in [0.15, 0.2) is 24.8 Å². The highest BCUT2D eigenvalue weighted by molar-refractivity contribution is 8.07. The molecule has 22 heavy (non-hydrogen) atoms. The van der Waals surface area contributed by atoms with Crippen molar-refractivity contribution in [3.63, 3.8) is 0 Å². The number of thioether (sulfide) groups is 2. The lowest BCUT2D eigenvalue weighted by Crippen LogP contribution is -2.35. The Balaban J connectivity index is 1.71. The van der Waals surface area contributed by atoms with Gasteiger partial charge in [-0.2, -0.15) is 16.9 Å². The van der Waals surface area contributed by atoms with Crippen molar-refractivity contribution < 1.29 is 4.79 Å². The first-order valence-corrected chi connectivity index (χ1v) is 9.23. The predicted octanol–water partition coefficient (Wildman–Crippen LogP) is 1.44. The molecule has 0 spiro atoms. The topological polar surface area (TPSA) is 72.7 Å². The molecule has 2 aromatic heterocycles. The molecule has 3 rings (SSSR count). The van der Waals surface area contributed by atoms with Crippen LogP contribution < -0.4 is 5.32 Å². The minimum atomic E-state index is 0.0481. The number of carbonyl (C=O) groups excluding carboxylic acids is 1. The van der Waals surface area contributed by atoms with Crippen LogP contribution in [0.1, 0.15) is 11.3 Å². The minimum absolute atomic E-state index is 0.0481. The van der Waals surface area contributed by atoms with E-state index in [-0.39, 0.29) is 11.2 Å². The van der Waals surface area contributed by atoms with Gasteiger partial charge in [0.15, 0.2) is 5.82 Å². The number of aryl methyl sites for hydroxylation is 1. The molecule has 1 atom stereocenters. The van der Waals surface area contributed by atoms with Crippen LogP contribution >= 0.6 is 23.5 Å². The Morgan fingerprint density at radius 2 is 2.36 bits per heavy atom. The third-order valence-corrected chi connectivity index (χ3v) is 6.05. The van der Waals surface area contributed by atoms with Crippen molar-refractivity contribution in [3.05, 3.63) is 36.0 Å². The van der Waals surface area contributed by atoms with Crippen LogP contribution in [0.2, 0.25) is 0 Å². The van der Waals surface area contributed by atoms with E-state index in [1.165, 1.54) is 6.33 Å². The molecule has 0 unspecified atom stereocenters. The number of aromatic nitrogens is 4. The lowest BCUT2D eigenvalue weighted by Gasteiger charge is -2.20. The summed E-state index contributed by atoms with van der Waals surface area (Å²) in [6.45, 7) is 2.38. The van der Waals surface area contributed by atoms with Gasteiger partial charge in [0.05, 0.1) is 5.25 Å². The number of hydrogen-bond acceptors (Lipinski definition) is 6. The molecule has 0 bridgehead atoms. The Morgan fingerprint density at radius 3 is 3.09 bits per heavy atom. The molecule has 1 saturated heterocycles. The highest BCUT2D eigenvalue weighted by Gasteiger charge is 2.22. The molecule has 6 nitrogen and oxygen atoms in total. The average Bonchev–Trinajstić information content (AvgIpc) is 3.08. The molecule has 0 aliphatic carbocycles. The van der Waals surface area contributed by atoms with Crippen LogP contribution in [0.3, 0.4) is 0 Å². The fraction of sp³-hybridized carbons (Fsp3) is 0.429. The molecule has 1 fully saturated rings. The quantitative estimate of drug-likeness (QED) is 0.911. The predicted molar refractivity (Wildman–Crippen MR) is 89.3 cm³/mol. The Kier molecular flexibility index (Phi) is 4.99. The molecule has 1 N–H and O–H groups in total. The number of hydrogen-bond donors (Lipinski definition) is 1. The molecule has 1 amide bonds. The van der Waals surface area contributed by atoms with Gasteiger partial charge in [0, 0.05) is 35.1 Å². The third-order valence-electron chi connectivity index (χ3n) is 3.29. The number of carbonyl (C=O) groups is 1. The summed E-state index contributed by atoms with van der Waals surface area (Å²) in [7, 11) is 0. The largest absolute Gasteiger partial charge is 0.351 e. The van der Waals surface area contributed by atoms with Crippen molar-refractivity contribution >= 4 is 29.4 Å². The van der Waals surface area contributed by atoms with Crippen molar-refractivity contribution in [2.75, 3.05) is 17.3 Å². The van der Waals surface area contributed by atoms with Crippen LogP contribution in [0, 0.1) is 6.92 Å². The second-order valence-electron chi connectivity index (χ2n) is 4.93. The molecule has 116 valence electrons. The van der Waals surface area contributed by atoms with Gasteiger partial charge in [0.1, 0.15) is 12.7 Å². The van der Waals surface area contributed by atoms with Gasteiger partial charge in [-0.05, 0) is 13.0 Å². The Morgan fingerprint density at radius 1 is 1.45 bits per heavy atom. The van der Waals surface area contributed by atoms with Crippen molar-refractivity contribution in [2.45, 2.75) is 18.7 Å². The number of nitrogens with one attached hydrogen (secondary N) is 1. The first kappa shape index (κ1) is 15.4. The number of amides is 1. The van der Waals surface area contributed by atoms with Gasteiger partial charge in [-0.15, -0.1) is 11.8 Å². The summed E-state index contributed by atoms with van der Waals surface area (Å²) in [5, 5.41) is 7.19. The molecule has 0 radical (unpaired) electrons. The Labute approximate surface area is 137 Å². The maximum Gasteiger partial charge on any atom is 0.234 e. The van der Waals surface area contributed by atoms with E-state index in [1.807, 2.05) is 30.8 Å². The van der Waals surface area contributed by atoms with E-state index < -0.39 is 0 Å². The van der Waals surface area contributed by atoms with Crippen molar-refractivity contribution in [3.8, 4) is 5.82 Å². The normalized spacial score (nSPS) is 18.1. The van der Waals surface area contributed by atoms with Gasteiger partial charge < -0.3 is 5.32 Å². The van der Waals surface area contributed by atoms with Crippen molar-refractivity contribution in [1.82, 2.24) is 25.1 Å². The molecular formula is C14H17N5OS2. The summed E-state index contributed by atoms with van der Waals surface area (Å²) >= 11 is 3.57. The molecule has 0 aromatic carbocycles. The third kappa shape index (κ3) is 3.61. The second-order valence-corrected chi connectivity index (χ2v) is 7.39. The lowest BCUT2D eigenvalue weighted by molar-refractivity contribution is -0.120. The Bertz CT molecular complexity index is 641. The number of rotatable bonds is 4. The first-order chi connectivity index (χ1) is 10.7. The Hall–Kier alpha value is -1.54.